The first-order valence-electron chi connectivity index (χ1n) is 0.447. The normalized spacial score (nSPS) is 1.60. The van der Waals surface area contributed by atoms with Crippen LogP contribution < -0.4 is 0 Å². The zero-order valence-corrected chi connectivity index (χ0v) is 11.2. The van der Waals surface area contributed by atoms with Crippen LogP contribution in [0.2, 0.25) is 0 Å². The Hall–Kier alpha value is 2.74. The van der Waals surface area contributed by atoms with Crippen LogP contribution in [0, 0.1) is 0 Å². The molecule has 0 aliphatic rings. The van der Waals surface area contributed by atoms with Gasteiger partial charge in [0, 0.05) is 0 Å². The first-order valence-corrected chi connectivity index (χ1v) is 12.1. The van der Waals surface area contributed by atoms with Crippen molar-refractivity contribution in [3.63, 3.8) is 0 Å². The Kier molecular flexibility index (Phi) is 92.6. The van der Waals surface area contributed by atoms with Crippen LogP contribution in [0.4, 0.5) is 0 Å². The van der Waals surface area contributed by atoms with E-state index in [1.807, 2.05) is 28.5 Å². The summed E-state index contributed by atoms with van der Waals surface area (Å²) in [5.74, 6) is 0. The molecule has 0 saturated carbocycles. The zero-order valence-electron chi connectivity index (χ0n) is 2.23. The van der Waals surface area contributed by atoms with E-state index in [-0.39, 0.29) is 16.8 Å². The average molecular weight is 361 g/mol. The van der Waals surface area contributed by atoms with Gasteiger partial charge in [0.2, 0.25) is 0 Å². The summed E-state index contributed by atoms with van der Waals surface area (Å²) >= 11 is 8.50. The summed E-state index contributed by atoms with van der Waals surface area (Å²) < 4.78 is 0. The van der Waals surface area contributed by atoms with Gasteiger partial charge in [0.15, 0.2) is 0 Å². The summed E-state index contributed by atoms with van der Waals surface area (Å²) in [5.41, 5.74) is 0. The Morgan fingerprint density at radius 2 is 0.800 bits per heavy atom. The van der Waals surface area contributed by atoms with Crippen molar-refractivity contribution in [2.45, 2.75) is 0 Å². The maximum absolute atomic E-state index is 2.31. The average Bonchev–Trinajstić information content (AvgIpc) is 1.50. The van der Waals surface area contributed by atoms with Crippen LogP contribution in [0.15, 0.2) is 0 Å². The topological polar surface area (TPSA) is 0 Å². The van der Waals surface area contributed by atoms with Crippen LogP contribution in [-0.2, 0) is 16.8 Å². The van der Waals surface area contributed by atoms with E-state index >= 15 is 0 Å². The van der Waals surface area contributed by atoms with Gasteiger partial charge in [-0.25, -0.2) is 0 Å². The van der Waals surface area contributed by atoms with Gasteiger partial charge in [-0.3, -0.25) is 0 Å². The fourth-order valence-electron chi connectivity index (χ4n) is 0. The smallest absolute Gasteiger partial charge is 2.00 e. The van der Waals surface area contributed by atoms with E-state index in [1.54, 1.807) is 0 Å². The standard InChI is InChI=1S/2As2H.Co/c2*1-2;/h2*1H;/q2*-1;+2. The molecule has 1 radical (unpaired) electrons. The maximum Gasteiger partial charge on any atom is 2.00 e. The molecule has 0 bridgehead atoms. The van der Waals surface area contributed by atoms with Gasteiger partial charge in [-0.05, 0) is 0 Å². The van der Waals surface area contributed by atoms with Crippen molar-refractivity contribution in [1.29, 1.82) is 0 Å². The van der Waals surface area contributed by atoms with Crippen molar-refractivity contribution < 1.29 is 16.8 Å². The molecule has 0 aromatic carbocycles. The second-order valence-electron chi connectivity index (χ2n) is 0. The molecule has 0 aliphatic carbocycles. The molecule has 0 unspecified atom stereocenters. The Morgan fingerprint density at radius 3 is 0.800 bits per heavy atom. The molecule has 0 aromatic heterocycles. The number of hydrogen-bond acceptors (Lipinski definition) is 0. The van der Waals surface area contributed by atoms with Crippen LogP contribution in [0.3, 0.4) is 0 Å². The number of hydrogen-bond donors (Lipinski definition) is 0. The van der Waals surface area contributed by atoms with E-state index in [9.17, 15) is 0 Å². The first kappa shape index (κ1) is 15.6. The van der Waals surface area contributed by atoms with E-state index < -0.39 is 0 Å². The van der Waals surface area contributed by atoms with Crippen LogP contribution in [0.25, 0.3) is 0 Å². The van der Waals surface area contributed by atoms with Crippen LogP contribution in [0.1, 0.15) is 0 Å². The molecule has 0 aliphatic heterocycles. The van der Waals surface area contributed by atoms with E-state index in [1.165, 1.54) is 0 Å². The maximum atomic E-state index is 2.31. The number of rotatable bonds is 0. The van der Waals surface area contributed by atoms with Crippen LogP contribution in [0.5, 0.6) is 0 Å². The van der Waals surface area contributed by atoms with Crippen LogP contribution >= 0.6 is 0 Å². The van der Waals surface area contributed by atoms with E-state index in [0.717, 1.165) is 0 Å². The molecule has 0 aromatic rings. The predicted molar refractivity (Wildman–Crippen MR) is 25.8 cm³/mol. The van der Waals surface area contributed by atoms with Gasteiger partial charge in [0.1, 0.15) is 0 Å². The van der Waals surface area contributed by atoms with Gasteiger partial charge in [-0.15, -0.1) is 0 Å². The second kappa shape index (κ2) is 29.6. The van der Waals surface area contributed by atoms with Gasteiger partial charge in [0.25, 0.3) is 0 Å². The second-order valence-corrected chi connectivity index (χ2v) is 0. The fourth-order valence-corrected chi connectivity index (χ4v) is 0. The van der Waals surface area contributed by atoms with Gasteiger partial charge in [-0.2, -0.15) is 0 Å². The molecular formula is H2As4Co. The van der Waals surface area contributed by atoms with Gasteiger partial charge in [-0.1, -0.05) is 0 Å². The Balaban J connectivity index is -0.0000000133. The zero-order chi connectivity index (χ0) is 4.00. The summed E-state index contributed by atoms with van der Waals surface area (Å²) in [6, 6.07) is 0. The van der Waals surface area contributed by atoms with Gasteiger partial charge >= 0.3 is 73.7 Å². The van der Waals surface area contributed by atoms with Crippen molar-refractivity contribution >= 4 is 57.0 Å². The van der Waals surface area contributed by atoms with Crippen molar-refractivity contribution in [1.82, 2.24) is 0 Å². The molecule has 0 rings (SSSR count). The molecule has 0 spiro atoms. The van der Waals surface area contributed by atoms with Crippen LogP contribution in [-0.4, -0.2) is 57.0 Å². The minimum atomic E-state index is 0. The minimum Gasteiger partial charge on any atom is 2.00 e. The summed E-state index contributed by atoms with van der Waals surface area (Å²) in [6.07, 6.45) is 0. The monoisotopic (exact) mass is 361 g/mol. The SMILES string of the molecule is [As-]=[AsH].[As-]=[AsH].[Co+2]. The van der Waals surface area contributed by atoms with E-state index in [2.05, 4.69) is 28.5 Å². The first-order chi connectivity index (χ1) is 2.00. The van der Waals surface area contributed by atoms with Gasteiger partial charge < -0.3 is 0 Å². The third kappa shape index (κ3) is 20.2. The van der Waals surface area contributed by atoms with Crippen molar-refractivity contribution in [2.24, 2.45) is 0 Å². The Labute approximate surface area is 72.6 Å². The largest absolute Gasteiger partial charge is 2.00 e. The molecule has 5 heteroatoms. The summed E-state index contributed by atoms with van der Waals surface area (Å²) in [7, 11) is 0. The molecule has 0 fully saturated rings. The summed E-state index contributed by atoms with van der Waals surface area (Å²) in [6.45, 7) is 0. The fraction of sp³-hybridized carbons (Fsp3) is 0. The van der Waals surface area contributed by atoms with E-state index in [0.29, 0.717) is 0 Å². The minimum absolute atomic E-state index is 0. The molecule has 0 N–H and O–H groups in total. The molecule has 0 saturated heterocycles. The molecule has 31 valence electrons. The summed E-state index contributed by atoms with van der Waals surface area (Å²) in [5, 5.41) is 0. The molecular weight excluding hydrogens is 359 g/mol. The van der Waals surface area contributed by atoms with Crippen molar-refractivity contribution in [3.8, 4) is 0 Å². The quantitative estimate of drug-likeness (QED) is 0.436. The molecule has 0 atom stereocenters. The van der Waals surface area contributed by atoms with Gasteiger partial charge in [0.05, 0.1) is 0 Å². The van der Waals surface area contributed by atoms with Crippen molar-refractivity contribution in [3.05, 3.63) is 0 Å². The molecule has 0 nitrogen and oxygen atoms in total. The third-order valence-electron chi connectivity index (χ3n) is 0. The van der Waals surface area contributed by atoms with Crippen molar-refractivity contribution in [2.75, 3.05) is 0 Å². The Bertz CT molecular complexity index is 5.61. The molecule has 5 heavy (non-hydrogen) atoms. The molecule has 0 amide bonds. The van der Waals surface area contributed by atoms with E-state index in [4.69, 9.17) is 0 Å². The predicted octanol–water partition coefficient (Wildman–Crippen LogP) is -2.06. The third-order valence-corrected chi connectivity index (χ3v) is 0. The summed E-state index contributed by atoms with van der Waals surface area (Å²) in [4.78, 5) is 0. The molecule has 0 heterocycles. The Morgan fingerprint density at radius 1 is 0.800 bits per heavy atom.